The molecular weight excluding hydrogens is 446 g/mol. The predicted molar refractivity (Wildman–Crippen MR) is 167 cm³/mol. The Morgan fingerprint density at radius 2 is 1.43 bits per heavy atom. The van der Waals surface area contributed by atoms with Crippen molar-refractivity contribution >= 4 is 11.1 Å². The number of hydrogen-bond acceptors (Lipinski definition) is 1. The average Bonchev–Trinajstić information content (AvgIpc) is 2.94. The second kappa shape index (κ2) is 19.5. The fourth-order valence-electron chi connectivity index (χ4n) is 3.66. The number of rotatable bonds is 10. The minimum atomic E-state index is 1.04. The molecule has 0 saturated carbocycles. The van der Waals surface area contributed by atoms with Crippen molar-refractivity contribution < 1.29 is 0 Å². The third-order valence-corrected chi connectivity index (χ3v) is 5.57. The molecule has 1 heterocycles. The van der Waals surface area contributed by atoms with Gasteiger partial charge in [-0.05, 0) is 78.7 Å². The van der Waals surface area contributed by atoms with Crippen LogP contribution in [-0.4, -0.2) is 4.98 Å². The van der Waals surface area contributed by atoms with Crippen molar-refractivity contribution in [3.8, 4) is 11.1 Å². The normalized spacial score (nSPS) is 10.8. The molecular formula is C36H45N. The van der Waals surface area contributed by atoms with Gasteiger partial charge in [-0.3, -0.25) is 4.98 Å². The van der Waals surface area contributed by atoms with Crippen molar-refractivity contribution in [1.82, 2.24) is 4.98 Å². The fraction of sp³-hybridized carbons (Fsp3) is 0.250. The molecule has 0 aliphatic rings. The van der Waals surface area contributed by atoms with Gasteiger partial charge in [-0.15, -0.1) is 6.58 Å². The van der Waals surface area contributed by atoms with Crippen LogP contribution in [0.25, 0.3) is 22.3 Å². The van der Waals surface area contributed by atoms with E-state index in [2.05, 4.69) is 106 Å². The van der Waals surface area contributed by atoms with E-state index in [0.29, 0.717) is 0 Å². The highest BCUT2D eigenvalue weighted by Crippen LogP contribution is 2.24. The lowest BCUT2D eigenvalue weighted by molar-refractivity contribution is 0.825. The third-order valence-electron chi connectivity index (χ3n) is 5.57. The molecule has 0 unspecified atom stereocenters. The Bertz CT molecular complexity index is 1100. The van der Waals surface area contributed by atoms with Gasteiger partial charge in [-0.1, -0.05) is 125 Å². The number of aromatic nitrogens is 1. The molecule has 3 aromatic rings. The molecule has 0 aliphatic carbocycles. The van der Waals surface area contributed by atoms with Crippen LogP contribution >= 0.6 is 0 Å². The summed E-state index contributed by atoms with van der Waals surface area (Å²) in [5, 5.41) is 0. The fourth-order valence-corrected chi connectivity index (χ4v) is 3.66. The van der Waals surface area contributed by atoms with E-state index < -0.39 is 0 Å². The molecule has 1 nitrogen and oxygen atoms in total. The van der Waals surface area contributed by atoms with Crippen LogP contribution < -0.4 is 0 Å². The summed E-state index contributed by atoms with van der Waals surface area (Å²) in [5.74, 6) is 0. The van der Waals surface area contributed by atoms with E-state index in [4.69, 9.17) is 0 Å². The quantitative estimate of drug-likeness (QED) is 0.203. The molecule has 0 atom stereocenters. The van der Waals surface area contributed by atoms with Gasteiger partial charge < -0.3 is 0 Å². The van der Waals surface area contributed by atoms with Gasteiger partial charge in [-0.2, -0.15) is 0 Å². The summed E-state index contributed by atoms with van der Waals surface area (Å²) in [6.45, 7) is 19.6. The summed E-state index contributed by atoms with van der Waals surface area (Å²) in [4.78, 5) is 4.33. The molecule has 0 N–H and O–H groups in total. The van der Waals surface area contributed by atoms with E-state index in [0.717, 1.165) is 25.0 Å². The Labute approximate surface area is 226 Å². The molecule has 194 valence electrons. The maximum absolute atomic E-state index is 4.33. The van der Waals surface area contributed by atoms with Crippen molar-refractivity contribution in [3.63, 3.8) is 0 Å². The first-order valence-corrected chi connectivity index (χ1v) is 13.3. The molecule has 0 saturated heterocycles. The van der Waals surface area contributed by atoms with Crippen LogP contribution in [0.2, 0.25) is 0 Å². The summed E-state index contributed by atoms with van der Waals surface area (Å²) >= 11 is 0. The SMILES string of the molecule is C=C(CCCC)c1ccc(-c2ccccc2)cc1.C=C/C=C(\C=C(/C)c1ccccn1)CCC.C=CC. The Hall–Kier alpha value is -3.71. The maximum Gasteiger partial charge on any atom is 0.0658 e. The number of unbranched alkanes of at least 4 members (excludes halogenated alkanes) is 1. The number of allylic oxidation sites excluding steroid dienone is 7. The minimum absolute atomic E-state index is 1.04. The molecule has 37 heavy (non-hydrogen) atoms. The van der Waals surface area contributed by atoms with Crippen LogP contribution in [0.3, 0.4) is 0 Å². The maximum atomic E-state index is 4.33. The monoisotopic (exact) mass is 491 g/mol. The second-order valence-corrected chi connectivity index (χ2v) is 8.83. The van der Waals surface area contributed by atoms with E-state index in [1.165, 1.54) is 46.3 Å². The first-order valence-electron chi connectivity index (χ1n) is 13.3. The van der Waals surface area contributed by atoms with Gasteiger partial charge in [-0.25, -0.2) is 0 Å². The Balaban J connectivity index is 0.000000337. The van der Waals surface area contributed by atoms with Crippen molar-refractivity contribution in [3.05, 3.63) is 140 Å². The predicted octanol–water partition coefficient (Wildman–Crippen LogP) is 11.1. The number of benzene rings is 2. The first-order chi connectivity index (χ1) is 18.0. The van der Waals surface area contributed by atoms with Gasteiger partial charge in [0, 0.05) is 6.20 Å². The van der Waals surface area contributed by atoms with E-state index in [1.54, 1.807) is 6.08 Å². The summed E-state index contributed by atoms with van der Waals surface area (Å²) in [6, 6.07) is 25.2. The van der Waals surface area contributed by atoms with Gasteiger partial charge >= 0.3 is 0 Å². The molecule has 0 fully saturated rings. The zero-order chi connectivity index (χ0) is 27.3. The van der Waals surface area contributed by atoms with E-state index in [9.17, 15) is 0 Å². The second-order valence-electron chi connectivity index (χ2n) is 8.83. The molecule has 0 bridgehead atoms. The van der Waals surface area contributed by atoms with Gasteiger partial charge in [0.15, 0.2) is 0 Å². The summed E-state index contributed by atoms with van der Waals surface area (Å²) in [7, 11) is 0. The van der Waals surface area contributed by atoms with Crippen molar-refractivity contribution in [2.75, 3.05) is 0 Å². The van der Waals surface area contributed by atoms with Crippen LogP contribution in [0.15, 0.2) is 129 Å². The van der Waals surface area contributed by atoms with E-state index in [1.807, 2.05) is 43.5 Å². The first kappa shape index (κ1) is 31.3. The topological polar surface area (TPSA) is 12.9 Å². The molecule has 3 rings (SSSR count). The van der Waals surface area contributed by atoms with E-state index >= 15 is 0 Å². The molecule has 2 aromatic carbocycles. The molecule has 0 aliphatic heterocycles. The number of hydrogen-bond donors (Lipinski definition) is 0. The largest absolute Gasteiger partial charge is 0.257 e. The lowest BCUT2D eigenvalue weighted by Crippen LogP contribution is -1.86. The molecule has 0 radical (unpaired) electrons. The van der Waals surface area contributed by atoms with Gasteiger partial charge in [0.25, 0.3) is 0 Å². The van der Waals surface area contributed by atoms with Crippen LogP contribution in [0, 0.1) is 0 Å². The van der Waals surface area contributed by atoms with Gasteiger partial charge in [0.2, 0.25) is 0 Å². The third kappa shape index (κ3) is 12.7. The highest BCUT2D eigenvalue weighted by atomic mass is 14.7. The Kier molecular flexibility index (Phi) is 16.5. The van der Waals surface area contributed by atoms with Gasteiger partial charge in [0.05, 0.1) is 5.69 Å². The lowest BCUT2D eigenvalue weighted by Gasteiger charge is -2.07. The van der Waals surface area contributed by atoms with Crippen molar-refractivity contribution in [2.45, 2.75) is 59.8 Å². The molecule has 0 spiro atoms. The Morgan fingerprint density at radius 1 is 0.811 bits per heavy atom. The van der Waals surface area contributed by atoms with Crippen LogP contribution in [0.4, 0.5) is 0 Å². The minimum Gasteiger partial charge on any atom is -0.257 e. The molecule has 0 amide bonds. The van der Waals surface area contributed by atoms with Crippen LogP contribution in [-0.2, 0) is 0 Å². The summed E-state index contributed by atoms with van der Waals surface area (Å²) in [6.07, 6.45) is 15.4. The average molecular weight is 492 g/mol. The smallest absolute Gasteiger partial charge is 0.0658 e. The highest BCUT2D eigenvalue weighted by molar-refractivity contribution is 5.69. The zero-order valence-electron chi connectivity index (χ0n) is 23.4. The number of pyridine rings is 1. The lowest BCUT2D eigenvalue weighted by atomic mass is 9.98. The summed E-state index contributed by atoms with van der Waals surface area (Å²) < 4.78 is 0. The standard InChI is InChI=1S/C18H20.C15H19N.C3H6/c1-3-4-8-15(2)16-11-13-18(14-12-16)17-9-6-5-7-10-17;1-4-8-14(9-5-2)12-13(3)15-10-6-7-11-16-15;1-3-2/h5-7,9-14H,2-4,8H2,1H3;4,6-8,10-12H,1,5,9H2,2-3H3;3H,1H2,2H3/b;13-12+,14-8-;. The highest BCUT2D eigenvalue weighted by Gasteiger charge is 2.01. The van der Waals surface area contributed by atoms with Crippen molar-refractivity contribution in [2.24, 2.45) is 0 Å². The van der Waals surface area contributed by atoms with Crippen LogP contribution in [0.5, 0.6) is 0 Å². The summed E-state index contributed by atoms with van der Waals surface area (Å²) in [5.41, 5.74) is 8.59. The van der Waals surface area contributed by atoms with E-state index in [-0.39, 0.29) is 0 Å². The molecule has 1 heteroatoms. The molecule has 1 aromatic heterocycles. The van der Waals surface area contributed by atoms with Gasteiger partial charge in [0.1, 0.15) is 0 Å². The van der Waals surface area contributed by atoms with Crippen LogP contribution in [0.1, 0.15) is 71.1 Å². The zero-order valence-corrected chi connectivity index (χ0v) is 23.4. The Morgan fingerprint density at radius 3 is 1.97 bits per heavy atom. The number of nitrogens with zero attached hydrogens (tertiary/aromatic N) is 1. The van der Waals surface area contributed by atoms with Crippen molar-refractivity contribution in [1.29, 1.82) is 0 Å².